The van der Waals surface area contributed by atoms with Gasteiger partial charge >= 0.3 is 0 Å². The third-order valence-corrected chi connectivity index (χ3v) is 2.71. The minimum Gasteiger partial charge on any atom is -0.498 e. The first kappa shape index (κ1) is 9.07. The lowest BCUT2D eigenvalue weighted by molar-refractivity contribution is 0.00579. The quantitative estimate of drug-likeness (QED) is 0.653. The van der Waals surface area contributed by atoms with Crippen molar-refractivity contribution < 1.29 is 9.47 Å². The van der Waals surface area contributed by atoms with Gasteiger partial charge in [-0.1, -0.05) is 0 Å². The van der Waals surface area contributed by atoms with Crippen LogP contribution in [-0.2, 0) is 9.47 Å². The van der Waals surface area contributed by atoms with Crippen LogP contribution in [-0.4, -0.2) is 19.3 Å². The minimum atomic E-state index is 0.429. The van der Waals surface area contributed by atoms with Crippen molar-refractivity contribution in [2.45, 2.75) is 44.6 Å². The zero-order valence-electron chi connectivity index (χ0n) is 8.13. The largest absolute Gasteiger partial charge is 0.498 e. The van der Waals surface area contributed by atoms with Gasteiger partial charge in [-0.2, -0.15) is 0 Å². The van der Waals surface area contributed by atoms with Gasteiger partial charge in [0.05, 0.1) is 18.5 Å². The molecule has 2 aliphatic heterocycles. The molecule has 1 fully saturated rings. The molecule has 1 unspecified atom stereocenters. The number of allylic oxidation sites excluding steroid dienone is 1. The molecule has 0 saturated carbocycles. The third-order valence-electron chi connectivity index (χ3n) is 2.71. The average molecular weight is 182 g/mol. The van der Waals surface area contributed by atoms with Crippen LogP contribution in [0.3, 0.4) is 0 Å². The predicted octanol–water partition coefficient (Wildman–Crippen LogP) is 2.64. The molecule has 0 spiro atoms. The Bertz CT molecular complexity index is 181. The van der Waals surface area contributed by atoms with Crippen LogP contribution in [0.1, 0.15) is 38.5 Å². The number of rotatable bonds is 2. The highest BCUT2D eigenvalue weighted by Gasteiger charge is 2.17. The third kappa shape index (κ3) is 2.73. The van der Waals surface area contributed by atoms with Crippen LogP contribution < -0.4 is 0 Å². The molecule has 1 atom stereocenters. The van der Waals surface area contributed by atoms with Gasteiger partial charge in [0.25, 0.3) is 0 Å². The van der Waals surface area contributed by atoms with Gasteiger partial charge in [-0.25, -0.2) is 0 Å². The van der Waals surface area contributed by atoms with Gasteiger partial charge in [-0.15, -0.1) is 0 Å². The SMILES string of the molecule is C1=C(CC2CCCCO2)OCCC1. The second kappa shape index (κ2) is 4.66. The summed E-state index contributed by atoms with van der Waals surface area (Å²) in [7, 11) is 0. The van der Waals surface area contributed by atoms with Gasteiger partial charge in [0.2, 0.25) is 0 Å². The Morgan fingerprint density at radius 1 is 1.23 bits per heavy atom. The summed E-state index contributed by atoms with van der Waals surface area (Å²) in [6.45, 7) is 1.84. The first-order chi connectivity index (χ1) is 6.45. The molecular weight excluding hydrogens is 164 g/mol. The van der Waals surface area contributed by atoms with E-state index in [4.69, 9.17) is 9.47 Å². The molecule has 2 heterocycles. The minimum absolute atomic E-state index is 0.429. The first-order valence-corrected chi connectivity index (χ1v) is 5.38. The van der Waals surface area contributed by atoms with Crippen LogP contribution in [0.5, 0.6) is 0 Å². The summed E-state index contributed by atoms with van der Waals surface area (Å²) in [5.74, 6) is 1.16. The monoisotopic (exact) mass is 182 g/mol. The van der Waals surface area contributed by atoms with E-state index in [1.807, 2.05) is 0 Å². The molecule has 1 saturated heterocycles. The number of hydrogen-bond acceptors (Lipinski definition) is 2. The van der Waals surface area contributed by atoms with E-state index in [1.165, 1.54) is 32.1 Å². The molecule has 13 heavy (non-hydrogen) atoms. The second-order valence-electron chi connectivity index (χ2n) is 3.85. The topological polar surface area (TPSA) is 18.5 Å². The van der Waals surface area contributed by atoms with Crippen LogP contribution in [0.25, 0.3) is 0 Å². The van der Waals surface area contributed by atoms with Crippen molar-refractivity contribution in [2.75, 3.05) is 13.2 Å². The molecule has 0 amide bonds. The van der Waals surface area contributed by atoms with Crippen molar-refractivity contribution in [3.05, 3.63) is 11.8 Å². The molecule has 0 aromatic rings. The van der Waals surface area contributed by atoms with E-state index in [9.17, 15) is 0 Å². The van der Waals surface area contributed by atoms with Crippen molar-refractivity contribution in [3.63, 3.8) is 0 Å². The lowest BCUT2D eigenvalue weighted by Crippen LogP contribution is -2.20. The highest BCUT2D eigenvalue weighted by atomic mass is 16.5. The van der Waals surface area contributed by atoms with Crippen LogP contribution in [0.4, 0.5) is 0 Å². The summed E-state index contributed by atoms with van der Waals surface area (Å²) in [5, 5.41) is 0. The Labute approximate surface area is 79.9 Å². The Kier molecular flexibility index (Phi) is 3.25. The fourth-order valence-electron chi connectivity index (χ4n) is 1.94. The Hall–Kier alpha value is -0.500. The van der Waals surface area contributed by atoms with Crippen molar-refractivity contribution >= 4 is 0 Å². The van der Waals surface area contributed by atoms with E-state index in [0.29, 0.717) is 6.10 Å². The number of hydrogen-bond donors (Lipinski definition) is 0. The van der Waals surface area contributed by atoms with E-state index in [-0.39, 0.29) is 0 Å². The molecule has 0 aliphatic carbocycles. The average Bonchev–Trinajstić information content (AvgIpc) is 2.21. The normalized spacial score (nSPS) is 29.2. The smallest absolute Gasteiger partial charge is 0.0945 e. The molecule has 0 radical (unpaired) electrons. The van der Waals surface area contributed by atoms with Crippen molar-refractivity contribution in [2.24, 2.45) is 0 Å². The first-order valence-electron chi connectivity index (χ1n) is 5.38. The summed E-state index contributed by atoms with van der Waals surface area (Å²) in [6.07, 6.45) is 9.77. The Morgan fingerprint density at radius 2 is 2.23 bits per heavy atom. The van der Waals surface area contributed by atoms with E-state index < -0.39 is 0 Å². The summed E-state index contributed by atoms with van der Waals surface area (Å²) >= 11 is 0. The summed E-state index contributed by atoms with van der Waals surface area (Å²) in [6, 6.07) is 0. The molecule has 0 aromatic carbocycles. The van der Waals surface area contributed by atoms with Crippen LogP contribution in [0.2, 0.25) is 0 Å². The van der Waals surface area contributed by atoms with Gasteiger partial charge in [-0.05, 0) is 38.2 Å². The van der Waals surface area contributed by atoms with Crippen molar-refractivity contribution in [3.8, 4) is 0 Å². The van der Waals surface area contributed by atoms with E-state index >= 15 is 0 Å². The summed E-state index contributed by atoms with van der Waals surface area (Å²) in [5.41, 5.74) is 0. The molecule has 2 nitrogen and oxygen atoms in total. The van der Waals surface area contributed by atoms with Crippen molar-refractivity contribution in [1.82, 2.24) is 0 Å². The van der Waals surface area contributed by atoms with Gasteiger partial charge < -0.3 is 9.47 Å². The zero-order valence-corrected chi connectivity index (χ0v) is 8.13. The van der Waals surface area contributed by atoms with Gasteiger partial charge in [0.1, 0.15) is 0 Å². The lowest BCUT2D eigenvalue weighted by Gasteiger charge is -2.24. The summed E-state index contributed by atoms with van der Waals surface area (Å²) in [4.78, 5) is 0. The van der Waals surface area contributed by atoms with E-state index in [2.05, 4.69) is 6.08 Å². The fraction of sp³-hybridized carbons (Fsp3) is 0.818. The highest BCUT2D eigenvalue weighted by Crippen LogP contribution is 2.22. The second-order valence-corrected chi connectivity index (χ2v) is 3.85. The maximum atomic E-state index is 5.66. The van der Waals surface area contributed by atoms with E-state index in [0.717, 1.165) is 25.4 Å². The molecule has 0 bridgehead atoms. The molecule has 74 valence electrons. The predicted molar refractivity (Wildman–Crippen MR) is 51.5 cm³/mol. The number of ether oxygens (including phenoxy) is 2. The van der Waals surface area contributed by atoms with E-state index in [1.54, 1.807) is 0 Å². The fourth-order valence-corrected chi connectivity index (χ4v) is 1.94. The Morgan fingerprint density at radius 3 is 2.92 bits per heavy atom. The molecule has 2 rings (SSSR count). The molecule has 0 N–H and O–H groups in total. The lowest BCUT2D eigenvalue weighted by atomic mass is 10.0. The highest BCUT2D eigenvalue weighted by molar-refractivity contribution is 4.98. The standard InChI is InChI=1S/C11H18O2/c1-3-7-12-10(5-1)9-11-6-2-4-8-13-11/h5,11H,1-4,6-9H2. The summed E-state index contributed by atoms with van der Waals surface area (Å²) < 4.78 is 11.2. The molecule has 0 aromatic heterocycles. The van der Waals surface area contributed by atoms with Gasteiger partial charge in [0.15, 0.2) is 0 Å². The molecular formula is C11H18O2. The molecule has 2 heteroatoms. The van der Waals surface area contributed by atoms with Gasteiger partial charge in [0, 0.05) is 13.0 Å². The zero-order chi connectivity index (χ0) is 8.93. The Balaban J connectivity index is 1.78. The van der Waals surface area contributed by atoms with Crippen LogP contribution >= 0.6 is 0 Å². The van der Waals surface area contributed by atoms with Crippen LogP contribution in [0, 0.1) is 0 Å². The maximum absolute atomic E-state index is 5.66. The van der Waals surface area contributed by atoms with Crippen molar-refractivity contribution in [1.29, 1.82) is 0 Å². The van der Waals surface area contributed by atoms with Crippen LogP contribution in [0.15, 0.2) is 11.8 Å². The maximum Gasteiger partial charge on any atom is 0.0945 e. The van der Waals surface area contributed by atoms with Gasteiger partial charge in [-0.3, -0.25) is 0 Å². The molecule has 2 aliphatic rings.